The third-order valence-corrected chi connectivity index (χ3v) is 4.24. The Morgan fingerprint density at radius 1 is 1.09 bits per heavy atom. The van der Waals surface area contributed by atoms with E-state index in [1.54, 1.807) is 36.4 Å². The first-order valence-electron chi connectivity index (χ1n) is 9.88. The molecule has 2 aromatic carbocycles. The molecule has 0 aromatic heterocycles. The minimum Gasteiger partial charge on any atom is -0.491 e. The molecule has 6 N–H and O–H groups in total. The first-order chi connectivity index (χ1) is 16.2. The van der Waals surface area contributed by atoms with Gasteiger partial charge in [-0.1, -0.05) is 12.1 Å². The number of ether oxygens (including phenoxy) is 1. The lowest BCUT2D eigenvalue weighted by molar-refractivity contribution is -0.192. The second kappa shape index (κ2) is 12.8. The average Bonchev–Trinajstić information content (AvgIpc) is 2.77. The number of carbonyl (C=O) groups is 3. The minimum absolute atomic E-state index is 0.0326. The molecule has 0 fully saturated rings. The number of rotatable bonds is 9. The van der Waals surface area contributed by atoms with E-state index in [-0.39, 0.29) is 24.8 Å². The molecule has 0 spiro atoms. The fourth-order valence-corrected chi connectivity index (χ4v) is 2.49. The van der Waals surface area contributed by atoms with Gasteiger partial charge in [-0.15, -0.1) is 0 Å². The van der Waals surface area contributed by atoms with Gasteiger partial charge in [0.25, 0.3) is 5.91 Å². The van der Waals surface area contributed by atoms with Gasteiger partial charge in [0.05, 0.1) is 12.5 Å². The molecule has 0 saturated heterocycles. The van der Waals surface area contributed by atoms with Gasteiger partial charge in [0.2, 0.25) is 0 Å². The van der Waals surface area contributed by atoms with Crippen molar-refractivity contribution in [3.63, 3.8) is 0 Å². The van der Waals surface area contributed by atoms with Crippen LogP contribution in [0.3, 0.4) is 0 Å². The molecule has 0 heterocycles. The van der Waals surface area contributed by atoms with Gasteiger partial charge in [-0.05, 0) is 36.4 Å². The smallest absolute Gasteiger partial charge is 0.490 e. The lowest BCUT2D eigenvalue weighted by Crippen LogP contribution is -2.40. The van der Waals surface area contributed by atoms with Gasteiger partial charge in [-0.2, -0.15) is 13.2 Å². The van der Waals surface area contributed by atoms with E-state index >= 15 is 0 Å². The number of hydrogen-bond acceptors (Lipinski definition) is 6. The third-order valence-electron chi connectivity index (χ3n) is 4.24. The Balaban J connectivity index is 0.000000762. The van der Waals surface area contributed by atoms with Gasteiger partial charge in [-0.25, -0.2) is 4.79 Å². The highest BCUT2D eigenvalue weighted by molar-refractivity contribution is 5.95. The summed E-state index contributed by atoms with van der Waals surface area (Å²) in [7, 11) is 3.80. The largest absolute Gasteiger partial charge is 0.491 e. The van der Waals surface area contributed by atoms with E-state index in [9.17, 15) is 22.8 Å². The summed E-state index contributed by atoms with van der Waals surface area (Å²) in [5, 5.41) is 26.4. The summed E-state index contributed by atoms with van der Waals surface area (Å²) in [5.74, 6) is -3.84. The fourth-order valence-electron chi connectivity index (χ4n) is 2.49. The molecule has 0 radical (unpaired) electrons. The number of carboxylic acids is 2. The number of halogens is 3. The molecule has 190 valence electrons. The highest BCUT2D eigenvalue weighted by atomic mass is 19.4. The Morgan fingerprint density at radius 3 is 2.11 bits per heavy atom. The molecular formula is C22H25F3N4O6. The molecule has 0 aliphatic rings. The zero-order valence-electron chi connectivity index (χ0n) is 18.8. The van der Waals surface area contributed by atoms with Crippen molar-refractivity contribution in [3.8, 4) is 5.75 Å². The second-order valence-corrected chi connectivity index (χ2v) is 7.26. The number of carboxylic acid groups (broad SMARTS) is 2. The highest BCUT2D eigenvalue weighted by Crippen LogP contribution is 2.15. The highest BCUT2D eigenvalue weighted by Gasteiger charge is 2.38. The van der Waals surface area contributed by atoms with Crippen molar-refractivity contribution >= 4 is 29.4 Å². The van der Waals surface area contributed by atoms with Crippen LogP contribution >= 0.6 is 0 Å². The lowest BCUT2D eigenvalue weighted by atomic mass is 10.1. The maximum atomic E-state index is 12.5. The van der Waals surface area contributed by atoms with Gasteiger partial charge in [-0.3, -0.25) is 15.0 Å². The Labute approximate surface area is 198 Å². The standard InChI is InChI=1S/C20H24N4O4.C2HF3O2/c1-24(2)16-8-6-13(7-9-16)20(27)23-15(11-18(25)26)12-28-17-5-3-4-14(10-17)19(21)22;3-2(4,5)1(6)7/h3-10,15H,11-12H2,1-2H3,(H3,21,22)(H,23,27)(H,25,26);(H,6,7)/t15-;/m1./s1. The van der Waals surface area contributed by atoms with Crippen LogP contribution in [-0.4, -0.2) is 66.8 Å². The summed E-state index contributed by atoms with van der Waals surface area (Å²) in [6.07, 6.45) is -5.37. The molecule has 2 rings (SSSR count). The van der Waals surface area contributed by atoms with Crippen molar-refractivity contribution in [1.82, 2.24) is 5.32 Å². The number of nitrogens with two attached hydrogens (primary N) is 1. The second-order valence-electron chi connectivity index (χ2n) is 7.26. The number of nitrogens with one attached hydrogen (secondary N) is 2. The van der Waals surface area contributed by atoms with Gasteiger partial charge in [0.15, 0.2) is 0 Å². The summed E-state index contributed by atoms with van der Waals surface area (Å²) < 4.78 is 37.3. The van der Waals surface area contributed by atoms with Crippen LogP contribution in [0.15, 0.2) is 48.5 Å². The number of benzene rings is 2. The van der Waals surface area contributed by atoms with Crippen LogP contribution in [0.5, 0.6) is 5.75 Å². The average molecular weight is 498 g/mol. The van der Waals surface area contributed by atoms with E-state index in [1.807, 2.05) is 31.1 Å². The molecule has 1 amide bonds. The van der Waals surface area contributed by atoms with Crippen molar-refractivity contribution in [2.24, 2.45) is 5.73 Å². The molecule has 0 aliphatic carbocycles. The number of alkyl halides is 3. The Kier molecular flexibility index (Phi) is 10.5. The van der Waals surface area contributed by atoms with Crippen LogP contribution < -0.4 is 20.7 Å². The normalized spacial score (nSPS) is 11.3. The van der Waals surface area contributed by atoms with E-state index in [0.29, 0.717) is 16.9 Å². The Morgan fingerprint density at radius 2 is 1.66 bits per heavy atom. The van der Waals surface area contributed by atoms with Crippen molar-refractivity contribution in [1.29, 1.82) is 5.41 Å². The molecule has 1 atom stereocenters. The van der Waals surface area contributed by atoms with Crippen LogP contribution in [-0.2, 0) is 9.59 Å². The van der Waals surface area contributed by atoms with Gasteiger partial charge < -0.3 is 30.9 Å². The van der Waals surface area contributed by atoms with E-state index in [4.69, 9.17) is 30.9 Å². The Bertz CT molecular complexity index is 1040. The van der Waals surface area contributed by atoms with Crippen molar-refractivity contribution in [2.75, 3.05) is 25.6 Å². The lowest BCUT2D eigenvalue weighted by Gasteiger charge is -2.18. The summed E-state index contributed by atoms with van der Waals surface area (Å²) in [5.41, 5.74) is 7.33. The van der Waals surface area contributed by atoms with Crippen LogP contribution in [0.4, 0.5) is 18.9 Å². The SMILES string of the molecule is CN(C)c1ccc(C(=O)N[C@@H](COc2cccc(C(=N)N)c2)CC(=O)O)cc1.O=C(O)C(F)(F)F. The van der Waals surface area contributed by atoms with Crippen LogP contribution in [0, 0.1) is 5.41 Å². The zero-order chi connectivity index (χ0) is 26.8. The summed E-state index contributed by atoms with van der Waals surface area (Å²) >= 11 is 0. The fraction of sp³-hybridized carbons (Fsp3) is 0.273. The zero-order valence-corrected chi connectivity index (χ0v) is 18.8. The predicted molar refractivity (Wildman–Crippen MR) is 121 cm³/mol. The van der Waals surface area contributed by atoms with Gasteiger partial charge in [0.1, 0.15) is 18.2 Å². The number of amides is 1. The molecule has 35 heavy (non-hydrogen) atoms. The summed E-state index contributed by atoms with van der Waals surface area (Å²) in [6.45, 7) is -0.0326. The quantitative estimate of drug-likeness (QED) is 0.259. The monoisotopic (exact) mass is 498 g/mol. The predicted octanol–water partition coefficient (Wildman–Crippen LogP) is 2.32. The summed E-state index contributed by atoms with van der Waals surface area (Å²) in [6, 6.07) is 12.9. The third kappa shape index (κ3) is 10.5. The molecule has 2 aromatic rings. The van der Waals surface area contributed by atoms with Gasteiger partial charge in [0, 0.05) is 30.9 Å². The minimum atomic E-state index is -5.08. The number of aliphatic carboxylic acids is 2. The summed E-state index contributed by atoms with van der Waals surface area (Å²) in [4.78, 5) is 34.4. The van der Waals surface area contributed by atoms with E-state index in [2.05, 4.69) is 5.32 Å². The number of carbonyl (C=O) groups excluding carboxylic acids is 1. The number of hydrogen-bond donors (Lipinski definition) is 5. The molecule has 0 bridgehead atoms. The van der Waals surface area contributed by atoms with Crippen LogP contribution in [0.2, 0.25) is 0 Å². The molecule has 13 heteroatoms. The van der Waals surface area contributed by atoms with Gasteiger partial charge >= 0.3 is 18.1 Å². The number of amidine groups is 1. The molecular weight excluding hydrogens is 473 g/mol. The van der Waals surface area contributed by atoms with Crippen molar-refractivity contribution < 1.29 is 42.5 Å². The number of nitrogen functional groups attached to an aromatic ring is 1. The van der Waals surface area contributed by atoms with E-state index in [0.717, 1.165) is 5.69 Å². The first-order valence-corrected chi connectivity index (χ1v) is 9.88. The van der Waals surface area contributed by atoms with Crippen LogP contribution in [0.25, 0.3) is 0 Å². The van der Waals surface area contributed by atoms with Crippen molar-refractivity contribution in [3.05, 3.63) is 59.7 Å². The van der Waals surface area contributed by atoms with Crippen molar-refractivity contribution in [2.45, 2.75) is 18.6 Å². The molecule has 0 saturated carbocycles. The van der Waals surface area contributed by atoms with E-state index < -0.39 is 24.2 Å². The Hall–Kier alpha value is -4.29. The number of nitrogens with zero attached hydrogens (tertiary/aromatic N) is 1. The molecule has 10 nitrogen and oxygen atoms in total. The molecule has 0 aliphatic heterocycles. The number of anilines is 1. The maximum absolute atomic E-state index is 12.5. The van der Waals surface area contributed by atoms with Crippen LogP contribution in [0.1, 0.15) is 22.3 Å². The first kappa shape index (κ1) is 28.7. The van der Waals surface area contributed by atoms with E-state index in [1.165, 1.54) is 0 Å². The molecule has 0 unspecified atom stereocenters. The topological polar surface area (TPSA) is 166 Å². The maximum Gasteiger partial charge on any atom is 0.490 e.